The third-order valence-corrected chi connectivity index (χ3v) is 10.6. The predicted octanol–water partition coefficient (Wildman–Crippen LogP) is 0.493. The van der Waals surface area contributed by atoms with Crippen LogP contribution in [0, 0.1) is 0 Å². The van der Waals surface area contributed by atoms with Crippen LogP contribution in [0.2, 0.25) is 0 Å². The highest BCUT2D eigenvalue weighted by Crippen LogP contribution is 2.57. The first-order chi connectivity index (χ1) is 18.8. The first-order valence-corrected chi connectivity index (χ1v) is 13.4. The average molecular weight is 549 g/mol. The molecule has 0 N–H and O–H groups in total. The molecule has 39 heavy (non-hydrogen) atoms. The molecule has 8 aliphatic rings. The summed E-state index contributed by atoms with van der Waals surface area (Å²) < 4.78 is 22.5. The number of urea groups is 4. The molecular formula is C23H32N8O8. The first kappa shape index (κ1) is 23.8. The smallest absolute Gasteiger partial charge is 0.327 e. The number of hydrogen-bond acceptors (Lipinski definition) is 8. The maximum atomic E-state index is 13.4. The van der Waals surface area contributed by atoms with Crippen LogP contribution >= 0.6 is 0 Å². The van der Waals surface area contributed by atoms with Crippen molar-refractivity contribution in [2.24, 2.45) is 0 Å². The van der Waals surface area contributed by atoms with Crippen molar-refractivity contribution in [3.05, 3.63) is 0 Å². The zero-order valence-electron chi connectivity index (χ0n) is 22.0. The van der Waals surface area contributed by atoms with Gasteiger partial charge >= 0.3 is 24.1 Å². The molecule has 0 aromatic carbocycles. The molecule has 8 aliphatic heterocycles. The van der Waals surface area contributed by atoms with Crippen LogP contribution in [0.15, 0.2) is 0 Å². The van der Waals surface area contributed by atoms with E-state index in [-0.39, 0.29) is 78.0 Å². The van der Waals surface area contributed by atoms with Crippen molar-refractivity contribution < 1.29 is 38.1 Å². The summed E-state index contributed by atoms with van der Waals surface area (Å²) in [4.78, 5) is 66.7. The molecule has 8 rings (SSSR count). The normalized spacial score (nSPS) is 40.1. The molecular weight excluding hydrogens is 516 g/mol. The van der Waals surface area contributed by atoms with Crippen molar-refractivity contribution in [3.63, 3.8) is 0 Å². The maximum absolute atomic E-state index is 13.4. The topological polar surface area (TPSA) is 131 Å². The maximum Gasteiger partial charge on any atom is 0.327 e. The summed E-state index contributed by atoms with van der Waals surface area (Å²) in [7, 11) is 0. The van der Waals surface area contributed by atoms with Crippen LogP contribution in [0.1, 0.15) is 46.0 Å². The van der Waals surface area contributed by atoms with Crippen LogP contribution in [-0.4, -0.2) is 140 Å². The van der Waals surface area contributed by atoms with Gasteiger partial charge in [-0.15, -0.1) is 0 Å². The van der Waals surface area contributed by atoms with Gasteiger partial charge in [0.15, 0.2) is 22.7 Å². The van der Waals surface area contributed by atoms with Crippen LogP contribution in [0.25, 0.3) is 0 Å². The van der Waals surface area contributed by atoms with Gasteiger partial charge in [0, 0.05) is 0 Å². The Labute approximate surface area is 224 Å². The van der Waals surface area contributed by atoms with E-state index in [4.69, 9.17) is 18.9 Å². The molecule has 0 aliphatic carbocycles. The monoisotopic (exact) mass is 548 g/mol. The summed E-state index contributed by atoms with van der Waals surface area (Å²) >= 11 is 0. The number of carbonyl (C=O) groups excluding carboxylic acids is 4. The van der Waals surface area contributed by atoms with E-state index in [1.165, 1.54) is 0 Å². The van der Waals surface area contributed by atoms with Gasteiger partial charge in [0.05, 0.1) is 0 Å². The Morgan fingerprint density at radius 2 is 0.718 bits per heavy atom. The fourth-order valence-electron chi connectivity index (χ4n) is 8.63. The molecule has 0 atom stereocenters. The number of unbranched alkanes of at least 4 members (excludes halogenated alkanes) is 2. The SMILES string of the molecule is C[C@]12N3COCN1C(=O)N1COCN(C3=O)[C@]12CCCCC[C@]12N3COCN1C(=O)N1COCN(C3=O)[C@]12C. The first-order valence-electron chi connectivity index (χ1n) is 13.4. The highest BCUT2D eigenvalue weighted by molar-refractivity contribution is 5.89. The molecule has 16 nitrogen and oxygen atoms in total. The molecule has 0 radical (unpaired) electrons. The standard InChI is InChI=1S/C23H32N8O8/c1-20-22(28-12-38-13-29(22)17(33)25(20)9-36-8-24(20)16(28)32)6-4-3-5-7-23-21(2)26-10-37-11-27(21)19(35)31(23)15-39-14-30(23)18(26)34/h3-15H2,1-2H3/t20-,21-,22+,23+. The summed E-state index contributed by atoms with van der Waals surface area (Å²) in [5.41, 5.74) is -3.43. The molecule has 0 saturated carbocycles. The van der Waals surface area contributed by atoms with Crippen LogP contribution in [0.5, 0.6) is 0 Å². The lowest BCUT2D eigenvalue weighted by atomic mass is 9.85. The lowest BCUT2D eigenvalue weighted by Crippen LogP contribution is -2.70. The molecule has 8 saturated heterocycles. The minimum absolute atomic E-state index is 0.117. The number of carbonyl (C=O) groups is 4. The largest absolute Gasteiger partial charge is 0.340 e. The summed E-state index contributed by atoms with van der Waals surface area (Å²) in [6.45, 7) is 4.85. The predicted molar refractivity (Wildman–Crippen MR) is 125 cm³/mol. The van der Waals surface area contributed by atoms with Crippen molar-refractivity contribution in [2.45, 2.75) is 68.6 Å². The van der Waals surface area contributed by atoms with Crippen molar-refractivity contribution in [1.82, 2.24) is 39.2 Å². The number of rotatable bonds is 6. The molecule has 212 valence electrons. The Morgan fingerprint density at radius 3 is 1.00 bits per heavy atom. The molecule has 8 fully saturated rings. The van der Waals surface area contributed by atoms with E-state index >= 15 is 0 Å². The van der Waals surface area contributed by atoms with Crippen molar-refractivity contribution in [1.29, 1.82) is 0 Å². The van der Waals surface area contributed by atoms with E-state index in [0.717, 1.165) is 19.3 Å². The van der Waals surface area contributed by atoms with Crippen molar-refractivity contribution in [2.75, 3.05) is 53.8 Å². The summed E-state index contributed by atoms with van der Waals surface area (Å²) in [6.07, 6.45) is 3.38. The summed E-state index contributed by atoms with van der Waals surface area (Å²) in [6, 6.07) is -0.803. The van der Waals surface area contributed by atoms with Gasteiger partial charge in [-0.3, -0.25) is 39.2 Å². The second-order valence-electron chi connectivity index (χ2n) is 11.6. The van der Waals surface area contributed by atoms with Gasteiger partial charge in [-0.2, -0.15) is 0 Å². The zero-order valence-corrected chi connectivity index (χ0v) is 22.0. The second kappa shape index (κ2) is 7.35. The van der Waals surface area contributed by atoms with Gasteiger partial charge in [-0.1, -0.05) is 6.42 Å². The summed E-state index contributed by atoms with van der Waals surface area (Å²) in [5, 5.41) is 0. The zero-order chi connectivity index (χ0) is 26.9. The lowest BCUT2D eigenvalue weighted by molar-refractivity contribution is -0.197. The average Bonchev–Trinajstić information content (AvgIpc) is 3.44. The minimum atomic E-state index is -0.861. The third-order valence-electron chi connectivity index (χ3n) is 10.6. The quantitative estimate of drug-likeness (QED) is 0.439. The summed E-state index contributed by atoms with van der Waals surface area (Å²) in [5.74, 6) is 0. The van der Waals surface area contributed by atoms with E-state index in [1.807, 2.05) is 13.8 Å². The number of nitrogens with zero attached hydrogens (tertiary/aromatic N) is 8. The Kier molecular flexibility index (Phi) is 4.48. The van der Waals surface area contributed by atoms with Gasteiger partial charge in [0.1, 0.15) is 53.8 Å². The molecule has 0 spiro atoms. The van der Waals surface area contributed by atoms with E-state index < -0.39 is 22.7 Å². The van der Waals surface area contributed by atoms with Gasteiger partial charge in [-0.25, -0.2) is 19.2 Å². The number of ether oxygens (including phenoxy) is 4. The van der Waals surface area contributed by atoms with Gasteiger partial charge in [-0.05, 0) is 39.5 Å². The Morgan fingerprint density at radius 1 is 0.462 bits per heavy atom. The molecule has 8 amide bonds. The van der Waals surface area contributed by atoms with Crippen molar-refractivity contribution in [3.8, 4) is 0 Å². The van der Waals surface area contributed by atoms with E-state index in [0.29, 0.717) is 12.8 Å². The molecule has 0 aromatic rings. The van der Waals surface area contributed by atoms with Gasteiger partial charge < -0.3 is 18.9 Å². The highest BCUT2D eigenvalue weighted by Gasteiger charge is 2.79. The molecule has 0 bridgehead atoms. The van der Waals surface area contributed by atoms with Crippen molar-refractivity contribution >= 4 is 24.1 Å². The van der Waals surface area contributed by atoms with Crippen LogP contribution in [-0.2, 0) is 18.9 Å². The van der Waals surface area contributed by atoms with Crippen LogP contribution < -0.4 is 0 Å². The molecule has 0 unspecified atom stereocenters. The number of amides is 8. The van der Waals surface area contributed by atoms with Crippen LogP contribution in [0.4, 0.5) is 19.2 Å². The van der Waals surface area contributed by atoms with E-state index in [9.17, 15) is 19.2 Å². The number of hydrogen-bond donors (Lipinski definition) is 0. The Bertz CT molecular complexity index is 1030. The lowest BCUT2D eigenvalue weighted by Gasteiger charge is -2.51. The fourth-order valence-corrected chi connectivity index (χ4v) is 8.63. The fraction of sp³-hybridized carbons (Fsp3) is 0.826. The minimum Gasteiger partial charge on any atom is -0.340 e. The molecule has 16 heteroatoms. The second-order valence-corrected chi connectivity index (χ2v) is 11.6. The third kappa shape index (κ3) is 2.28. The highest BCUT2D eigenvalue weighted by atomic mass is 16.5. The molecule has 0 aromatic heterocycles. The Hall–Kier alpha value is -3.08. The van der Waals surface area contributed by atoms with Gasteiger partial charge in [0.25, 0.3) is 0 Å². The van der Waals surface area contributed by atoms with Crippen LogP contribution in [0.3, 0.4) is 0 Å². The Balaban J connectivity index is 1.04. The molecule has 8 heterocycles. The van der Waals surface area contributed by atoms with Gasteiger partial charge in [0.2, 0.25) is 0 Å². The van der Waals surface area contributed by atoms with E-state index in [2.05, 4.69) is 0 Å². The van der Waals surface area contributed by atoms with E-state index in [1.54, 1.807) is 39.2 Å².